The lowest BCUT2D eigenvalue weighted by atomic mass is 9.76. The smallest absolute Gasteiger partial charge is 0.362 e. The van der Waals surface area contributed by atoms with Crippen LogP contribution in [0.2, 0.25) is 0 Å². The number of carbonyl (C=O) groups is 1. The SMILES string of the molecule is COc1ccc(C(NC2CC(n3ccc(NC(=O)c4ccccc4)nc3=O)OC2COP(=O)(Cl)N(C)C)(c2ccccc2)c2ccccc2)cc1. The number of nitrogens with one attached hydrogen (secondary N) is 2. The molecule has 4 unspecified atom stereocenters. The predicted molar refractivity (Wildman–Crippen MR) is 197 cm³/mol. The zero-order chi connectivity index (χ0) is 36.0. The minimum atomic E-state index is -3.66. The van der Waals surface area contributed by atoms with Gasteiger partial charge in [-0.2, -0.15) is 4.98 Å². The molecular formula is C38H39ClN5O6P. The average molecular weight is 728 g/mol. The van der Waals surface area contributed by atoms with Crippen LogP contribution < -0.4 is 21.1 Å². The number of anilines is 1. The fourth-order valence-electron chi connectivity index (χ4n) is 6.21. The van der Waals surface area contributed by atoms with Gasteiger partial charge in [0.15, 0.2) is 0 Å². The number of ether oxygens (including phenoxy) is 2. The van der Waals surface area contributed by atoms with Crippen molar-refractivity contribution >= 4 is 29.8 Å². The minimum Gasteiger partial charge on any atom is -0.497 e. The summed E-state index contributed by atoms with van der Waals surface area (Å²) in [6.45, 7) is -3.80. The third-order valence-electron chi connectivity index (χ3n) is 8.87. The summed E-state index contributed by atoms with van der Waals surface area (Å²) in [6.07, 6.45) is 0.344. The molecule has 1 aliphatic heterocycles. The summed E-state index contributed by atoms with van der Waals surface area (Å²) in [5, 5.41) is 6.60. The summed E-state index contributed by atoms with van der Waals surface area (Å²) in [5.74, 6) is 0.432. The van der Waals surface area contributed by atoms with Gasteiger partial charge in [-0.05, 0) is 72.4 Å². The Kier molecular flexibility index (Phi) is 11.2. The number of rotatable bonds is 13. The van der Waals surface area contributed by atoms with E-state index in [1.165, 1.54) is 15.4 Å². The van der Waals surface area contributed by atoms with Crippen LogP contribution in [0.5, 0.6) is 5.75 Å². The third-order valence-corrected chi connectivity index (χ3v) is 11.5. The molecule has 1 amide bonds. The molecule has 0 bridgehead atoms. The van der Waals surface area contributed by atoms with Crippen LogP contribution in [0.3, 0.4) is 0 Å². The lowest BCUT2D eigenvalue weighted by Gasteiger charge is -2.40. The summed E-state index contributed by atoms with van der Waals surface area (Å²) in [6, 6.07) is 37.7. The molecule has 11 nitrogen and oxygen atoms in total. The van der Waals surface area contributed by atoms with E-state index >= 15 is 0 Å². The van der Waals surface area contributed by atoms with Crippen LogP contribution in [-0.4, -0.2) is 60.1 Å². The van der Waals surface area contributed by atoms with E-state index in [0.717, 1.165) is 16.7 Å². The lowest BCUT2D eigenvalue weighted by Crippen LogP contribution is -2.53. The first kappa shape index (κ1) is 36.2. The Morgan fingerprint density at radius 2 is 1.49 bits per heavy atom. The minimum absolute atomic E-state index is 0.110. The van der Waals surface area contributed by atoms with Gasteiger partial charge in [0.05, 0.1) is 25.4 Å². The van der Waals surface area contributed by atoms with Crippen molar-refractivity contribution in [2.24, 2.45) is 0 Å². The third kappa shape index (κ3) is 7.99. The normalized spacial score (nSPS) is 18.6. The van der Waals surface area contributed by atoms with E-state index in [-0.39, 0.29) is 18.3 Å². The molecule has 2 heterocycles. The average Bonchev–Trinajstić information content (AvgIpc) is 3.56. The maximum Gasteiger partial charge on any atom is 0.362 e. The molecule has 13 heteroatoms. The molecule has 5 aromatic rings. The van der Waals surface area contributed by atoms with Gasteiger partial charge in [-0.15, -0.1) is 0 Å². The Labute approximate surface area is 301 Å². The zero-order valence-corrected chi connectivity index (χ0v) is 30.0. The molecule has 4 aromatic carbocycles. The Morgan fingerprint density at radius 3 is 2.04 bits per heavy atom. The standard InChI is InChI=1S/C38H39ClN5O6P/c1-43(2)51(39,47)49-26-33-32(25-35(50-33)44-24-23-34(41-37(44)46)40-36(45)27-13-7-4-8-14-27)42-38(28-15-9-5-10-16-28,29-17-11-6-12-18-29)30-19-21-31(48-3)22-20-30/h4-24,32-33,35,42H,25-26H2,1-3H3,(H,40,41,45,46). The maximum absolute atomic E-state index is 13.5. The van der Waals surface area contributed by atoms with E-state index in [1.807, 2.05) is 66.7 Å². The van der Waals surface area contributed by atoms with E-state index in [4.69, 9.17) is 25.2 Å². The quantitative estimate of drug-likeness (QED) is 0.101. The highest BCUT2D eigenvalue weighted by molar-refractivity contribution is 7.83. The number of carbonyl (C=O) groups excluding carboxylic acids is 1. The molecule has 6 rings (SSSR count). The second kappa shape index (κ2) is 15.7. The largest absolute Gasteiger partial charge is 0.497 e. The molecule has 0 saturated carbocycles. The van der Waals surface area contributed by atoms with Gasteiger partial charge in [0, 0.05) is 24.2 Å². The molecule has 1 saturated heterocycles. The van der Waals surface area contributed by atoms with Gasteiger partial charge >= 0.3 is 12.6 Å². The fourth-order valence-corrected chi connectivity index (χ4v) is 6.94. The number of nitrogens with zero attached hydrogens (tertiary/aromatic N) is 3. The first-order valence-electron chi connectivity index (χ1n) is 16.4. The molecule has 1 aliphatic rings. The van der Waals surface area contributed by atoms with Crippen molar-refractivity contribution in [1.82, 2.24) is 19.5 Å². The summed E-state index contributed by atoms with van der Waals surface area (Å²) in [7, 11) is 4.77. The fraction of sp³-hybridized carbons (Fsp3) is 0.237. The van der Waals surface area contributed by atoms with E-state index in [9.17, 15) is 14.2 Å². The molecular weight excluding hydrogens is 689 g/mol. The van der Waals surface area contributed by atoms with Crippen LogP contribution in [0.25, 0.3) is 0 Å². The van der Waals surface area contributed by atoms with E-state index in [0.29, 0.717) is 17.7 Å². The number of aromatic nitrogens is 2. The summed E-state index contributed by atoms with van der Waals surface area (Å²) in [4.78, 5) is 30.3. The molecule has 2 N–H and O–H groups in total. The van der Waals surface area contributed by atoms with Crippen LogP contribution in [0.1, 0.15) is 39.7 Å². The summed E-state index contributed by atoms with van der Waals surface area (Å²) < 4.78 is 33.6. The lowest BCUT2D eigenvalue weighted by molar-refractivity contribution is -0.0252. The molecule has 264 valence electrons. The molecule has 51 heavy (non-hydrogen) atoms. The van der Waals surface area contributed by atoms with Gasteiger partial charge in [-0.3, -0.25) is 19.2 Å². The van der Waals surface area contributed by atoms with Crippen molar-refractivity contribution in [2.75, 3.05) is 33.1 Å². The Bertz CT molecular complexity index is 1990. The van der Waals surface area contributed by atoms with Crippen LogP contribution in [0.15, 0.2) is 132 Å². The monoisotopic (exact) mass is 727 g/mol. The first-order chi connectivity index (χ1) is 24.6. The molecule has 0 radical (unpaired) electrons. The van der Waals surface area contributed by atoms with Crippen molar-refractivity contribution in [3.05, 3.63) is 160 Å². The van der Waals surface area contributed by atoms with E-state index in [2.05, 4.69) is 39.9 Å². The maximum atomic E-state index is 13.5. The zero-order valence-electron chi connectivity index (χ0n) is 28.4. The first-order valence-corrected chi connectivity index (χ1v) is 18.9. The van der Waals surface area contributed by atoms with Crippen LogP contribution in [0, 0.1) is 0 Å². The highest BCUT2D eigenvalue weighted by Gasteiger charge is 2.45. The summed E-state index contributed by atoms with van der Waals surface area (Å²) in [5.41, 5.74) is 1.74. The molecule has 1 aromatic heterocycles. The number of hydrogen-bond donors (Lipinski definition) is 2. The van der Waals surface area contributed by atoms with E-state index in [1.54, 1.807) is 51.5 Å². The second-order valence-corrected chi connectivity index (χ2v) is 15.5. The van der Waals surface area contributed by atoms with Crippen molar-refractivity contribution in [2.45, 2.75) is 30.3 Å². The summed E-state index contributed by atoms with van der Waals surface area (Å²) >= 11 is 6.30. The van der Waals surface area contributed by atoms with Gasteiger partial charge in [0.1, 0.15) is 17.8 Å². The van der Waals surface area contributed by atoms with Crippen molar-refractivity contribution in [3.8, 4) is 5.75 Å². The van der Waals surface area contributed by atoms with Crippen LogP contribution >= 0.6 is 18.1 Å². The van der Waals surface area contributed by atoms with Gasteiger partial charge in [-0.25, -0.2) is 9.46 Å². The highest BCUT2D eigenvalue weighted by atomic mass is 35.7. The van der Waals surface area contributed by atoms with Crippen molar-refractivity contribution in [3.63, 3.8) is 0 Å². The highest BCUT2D eigenvalue weighted by Crippen LogP contribution is 2.54. The molecule has 1 fully saturated rings. The predicted octanol–water partition coefficient (Wildman–Crippen LogP) is 6.67. The number of halogens is 1. The topological polar surface area (TPSA) is 124 Å². The second-order valence-electron chi connectivity index (χ2n) is 12.2. The van der Waals surface area contributed by atoms with Gasteiger partial charge in [0.25, 0.3) is 5.91 Å². The van der Waals surface area contributed by atoms with Crippen molar-refractivity contribution in [1.29, 1.82) is 0 Å². The van der Waals surface area contributed by atoms with E-state index < -0.39 is 36.5 Å². The Hall–Kier alpha value is -4.61. The number of hydrogen-bond acceptors (Lipinski definition) is 8. The Morgan fingerprint density at radius 1 is 0.922 bits per heavy atom. The van der Waals surface area contributed by atoms with Crippen molar-refractivity contribution < 1.29 is 23.4 Å². The number of methoxy groups -OCH3 is 1. The van der Waals surface area contributed by atoms with Gasteiger partial charge in [0.2, 0.25) is 0 Å². The van der Waals surface area contributed by atoms with Crippen LogP contribution in [-0.2, 0) is 19.4 Å². The molecule has 0 aliphatic carbocycles. The molecule has 0 spiro atoms. The Balaban J connectivity index is 1.38. The number of amides is 1. The van der Waals surface area contributed by atoms with Crippen LogP contribution in [0.4, 0.5) is 5.82 Å². The van der Waals surface area contributed by atoms with Gasteiger partial charge in [-0.1, -0.05) is 91.0 Å². The number of benzene rings is 4. The van der Waals surface area contributed by atoms with Gasteiger partial charge < -0.3 is 19.3 Å². The molecule has 4 atom stereocenters.